The summed E-state index contributed by atoms with van der Waals surface area (Å²) in [7, 11) is 1.43. The first-order valence-electron chi connectivity index (χ1n) is 7.13. The first kappa shape index (κ1) is 18.3. The van der Waals surface area contributed by atoms with Crippen LogP contribution in [0.2, 0.25) is 0 Å². The van der Waals surface area contributed by atoms with Crippen molar-refractivity contribution in [3.05, 3.63) is 28.7 Å². The van der Waals surface area contributed by atoms with Gasteiger partial charge < -0.3 is 14.9 Å². The minimum atomic E-state index is -1.10. The number of ether oxygens (including phenoxy) is 1. The van der Waals surface area contributed by atoms with Gasteiger partial charge in [-0.1, -0.05) is 50.0 Å². The maximum atomic E-state index is 12.6. The Morgan fingerprint density at radius 3 is 2.62 bits per heavy atom. The molecule has 0 aliphatic carbocycles. The predicted octanol–water partition coefficient (Wildman–Crippen LogP) is 2.71. The van der Waals surface area contributed by atoms with Crippen LogP contribution in [0.5, 0.6) is 11.5 Å². The van der Waals surface area contributed by atoms with E-state index in [1.54, 1.807) is 32.0 Å². The molecule has 24 heavy (non-hydrogen) atoms. The molecule has 0 bridgehead atoms. The van der Waals surface area contributed by atoms with Crippen molar-refractivity contribution in [2.75, 3.05) is 7.11 Å². The zero-order valence-corrected chi connectivity index (χ0v) is 15.0. The van der Waals surface area contributed by atoms with Gasteiger partial charge in [0.15, 0.2) is 11.5 Å². The number of carbonyl (C=O) groups excluding carboxylic acids is 1. The monoisotopic (exact) mass is 367 g/mol. The molecule has 1 heterocycles. The molecule has 0 unspecified atom stereocenters. The normalized spacial score (nSPS) is 17.7. The summed E-state index contributed by atoms with van der Waals surface area (Å²) in [5.74, 6) is -1.69. The van der Waals surface area contributed by atoms with Gasteiger partial charge >= 0.3 is 5.97 Å². The van der Waals surface area contributed by atoms with Crippen LogP contribution >= 0.6 is 24.0 Å². The molecule has 0 spiro atoms. The van der Waals surface area contributed by atoms with Crippen LogP contribution in [0, 0.1) is 5.92 Å². The molecule has 2 N–H and O–H groups in total. The number of amides is 1. The number of hydrogen-bond donors (Lipinski definition) is 2. The number of aromatic hydroxyl groups is 1. The van der Waals surface area contributed by atoms with Gasteiger partial charge in [0.25, 0.3) is 5.91 Å². The highest BCUT2D eigenvalue weighted by Gasteiger charge is 2.41. The third kappa shape index (κ3) is 3.39. The molecule has 1 aromatic rings. The Hall–Kier alpha value is -2.06. The standard InChI is InChI=1S/C16H17NO5S2/c1-8(2)12(15(20)21)17-14(19)11(24-16(17)23)7-9-5-4-6-10(22-3)13(9)18/h4-8,12,18H,1-3H3,(H,20,21)/b11-7+/t12-/m0/s1. The summed E-state index contributed by atoms with van der Waals surface area (Å²) in [4.78, 5) is 25.5. The van der Waals surface area contributed by atoms with E-state index in [0.29, 0.717) is 5.56 Å². The van der Waals surface area contributed by atoms with E-state index in [4.69, 9.17) is 17.0 Å². The van der Waals surface area contributed by atoms with Crippen molar-refractivity contribution in [3.8, 4) is 11.5 Å². The summed E-state index contributed by atoms with van der Waals surface area (Å²) >= 11 is 6.20. The van der Waals surface area contributed by atoms with Crippen LogP contribution in [-0.4, -0.2) is 44.5 Å². The summed E-state index contributed by atoms with van der Waals surface area (Å²) in [5, 5.41) is 19.5. The lowest BCUT2D eigenvalue weighted by molar-refractivity contribution is -0.146. The molecule has 0 radical (unpaired) electrons. The largest absolute Gasteiger partial charge is 0.504 e. The molecular formula is C16H17NO5S2. The van der Waals surface area contributed by atoms with Gasteiger partial charge in [-0.3, -0.25) is 9.69 Å². The van der Waals surface area contributed by atoms with Crippen molar-refractivity contribution in [1.82, 2.24) is 4.90 Å². The number of phenolic OH excluding ortho intramolecular Hbond substituents is 1. The highest BCUT2D eigenvalue weighted by Crippen LogP contribution is 2.38. The molecule has 1 fully saturated rings. The highest BCUT2D eigenvalue weighted by molar-refractivity contribution is 8.26. The molecule has 6 nitrogen and oxygen atoms in total. The van der Waals surface area contributed by atoms with E-state index in [1.807, 2.05) is 0 Å². The minimum absolute atomic E-state index is 0.0936. The highest BCUT2D eigenvalue weighted by atomic mass is 32.2. The summed E-state index contributed by atoms with van der Waals surface area (Å²) in [5.41, 5.74) is 0.395. The van der Waals surface area contributed by atoms with E-state index < -0.39 is 17.9 Å². The summed E-state index contributed by atoms with van der Waals surface area (Å²) < 4.78 is 5.23. The van der Waals surface area contributed by atoms with Crippen molar-refractivity contribution in [2.45, 2.75) is 19.9 Å². The van der Waals surface area contributed by atoms with Crippen molar-refractivity contribution in [3.63, 3.8) is 0 Å². The number of carboxylic acids is 1. The lowest BCUT2D eigenvalue weighted by atomic mass is 10.0. The van der Waals surface area contributed by atoms with Gasteiger partial charge in [-0.2, -0.15) is 0 Å². The maximum Gasteiger partial charge on any atom is 0.327 e. The number of benzene rings is 1. The van der Waals surface area contributed by atoms with Crippen LogP contribution in [0.3, 0.4) is 0 Å². The Morgan fingerprint density at radius 2 is 2.08 bits per heavy atom. The van der Waals surface area contributed by atoms with E-state index in [2.05, 4.69) is 0 Å². The Morgan fingerprint density at radius 1 is 1.42 bits per heavy atom. The molecule has 0 saturated carbocycles. The second-order valence-corrected chi connectivity index (χ2v) is 7.15. The van der Waals surface area contributed by atoms with Crippen LogP contribution in [0.15, 0.2) is 23.1 Å². The maximum absolute atomic E-state index is 12.6. The van der Waals surface area contributed by atoms with E-state index in [1.165, 1.54) is 13.2 Å². The summed E-state index contributed by atoms with van der Waals surface area (Å²) in [6.45, 7) is 3.43. The number of carboxylic acid groups (broad SMARTS) is 1. The zero-order valence-electron chi connectivity index (χ0n) is 13.3. The van der Waals surface area contributed by atoms with Gasteiger partial charge in [0.05, 0.1) is 12.0 Å². The van der Waals surface area contributed by atoms with Gasteiger partial charge in [-0.15, -0.1) is 0 Å². The predicted molar refractivity (Wildman–Crippen MR) is 95.9 cm³/mol. The topological polar surface area (TPSA) is 87.1 Å². The third-order valence-corrected chi connectivity index (χ3v) is 4.85. The van der Waals surface area contributed by atoms with Crippen molar-refractivity contribution in [2.24, 2.45) is 5.92 Å². The average molecular weight is 367 g/mol. The first-order chi connectivity index (χ1) is 11.3. The van der Waals surface area contributed by atoms with Gasteiger partial charge in [0.2, 0.25) is 0 Å². The molecule has 1 amide bonds. The molecular weight excluding hydrogens is 350 g/mol. The molecule has 0 aromatic heterocycles. The molecule has 1 aromatic carbocycles. The Labute approximate surface area is 149 Å². The number of phenols is 1. The number of para-hydroxylation sites is 1. The van der Waals surface area contributed by atoms with Crippen LogP contribution in [-0.2, 0) is 9.59 Å². The lowest BCUT2D eigenvalue weighted by Gasteiger charge is -2.26. The first-order valence-corrected chi connectivity index (χ1v) is 8.36. The van der Waals surface area contributed by atoms with E-state index in [-0.39, 0.29) is 26.6 Å². The van der Waals surface area contributed by atoms with Gasteiger partial charge in [0.1, 0.15) is 10.4 Å². The average Bonchev–Trinajstić information content (AvgIpc) is 2.77. The second kappa shape index (κ2) is 7.23. The van der Waals surface area contributed by atoms with Crippen LogP contribution < -0.4 is 4.74 Å². The van der Waals surface area contributed by atoms with Crippen molar-refractivity contribution >= 4 is 46.3 Å². The number of thioether (sulfide) groups is 1. The van der Waals surface area contributed by atoms with Gasteiger partial charge in [0, 0.05) is 5.56 Å². The second-order valence-electron chi connectivity index (χ2n) is 5.48. The fourth-order valence-electron chi connectivity index (χ4n) is 2.38. The fraction of sp³-hybridized carbons (Fsp3) is 0.312. The van der Waals surface area contributed by atoms with Gasteiger partial charge in [-0.25, -0.2) is 4.79 Å². The van der Waals surface area contributed by atoms with Crippen LogP contribution in [0.4, 0.5) is 0 Å². The number of thiocarbonyl (C=S) groups is 1. The van der Waals surface area contributed by atoms with E-state index >= 15 is 0 Å². The van der Waals surface area contributed by atoms with E-state index in [9.17, 15) is 19.8 Å². The smallest absolute Gasteiger partial charge is 0.327 e. The summed E-state index contributed by atoms with van der Waals surface area (Å²) in [6.07, 6.45) is 1.48. The number of methoxy groups -OCH3 is 1. The molecule has 1 aliphatic heterocycles. The molecule has 1 aliphatic rings. The molecule has 2 rings (SSSR count). The molecule has 1 atom stereocenters. The number of carbonyl (C=O) groups is 2. The minimum Gasteiger partial charge on any atom is -0.504 e. The number of hydrogen-bond acceptors (Lipinski definition) is 6. The Balaban J connectivity index is 2.40. The molecule has 128 valence electrons. The fourth-order valence-corrected chi connectivity index (χ4v) is 3.70. The van der Waals surface area contributed by atoms with Gasteiger partial charge in [-0.05, 0) is 18.1 Å². The summed E-state index contributed by atoms with van der Waals surface area (Å²) in [6, 6.07) is 3.88. The molecule has 1 saturated heterocycles. The quantitative estimate of drug-likeness (QED) is 0.611. The zero-order chi connectivity index (χ0) is 18.0. The number of aliphatic carboxylic acids is 1. The van der Waals surface area contributed by atoms with Crippen LogP contribution in [0.1, 0.15) is 19.4 Å². The van der Waals surface area contributed by atoms with Crippen molar-refractivity contribution < 1.29 is 24.5 Å². The lowest BCUT2D eigenvalue weighted by Crippen LogP contribution is -2.47. The van der Waals surface area contributed by atoms with Crippen LogP contribution in [0.25, 0.3) is 6.08 Å². The van der Waals surface area contributed by atoms with E-state index in [0.717, 1.165) is 16.7 Å². The number of rotatable bonds is 5. The number of nitrogens with zero attached hydrogens (tertiary/aromatic N) is 1. The van der Waals surface area contributed by atoms with Crippen molar-refractivity contribution in [1.29, 1.82) is 0 Å². The third-order valence-electron chi connectivity index (χ3n) is 3.52. The molecule has 8 heteroatoms. The Bertz CT molecular complexity index is 729. The SMILES string of the molecule is COc1cccc(/C=C2/SC(=S)N([C@H](C(=O)O)C(C)C)C2=O)c1O. The Kier molecular flexibility index (Phi) is 5.51.